The van der Waals surface area contributed by atoms with Crippen LogP contribution in [0.1, 0.15) is 31.3 Å². The summed E-state index contributed by atoms with van der Waals surface area (Å²) in [6, 6.07) is 12.5. The van der Waals surface area contributed by atoms with Gasteiger partial charge in [-0.25, -0.2) is 4.39 Å². The van der Waals surface area contributed by atoms with E-state index >= 15 is 0 Å². The summed E-state index contributed by atoms with van der Waals surface area (Å²) in [6.45, 7) is 4.38. The van der Waals surface area contributed by atoms with Gasteiger partial charge in [-0.05, 0) is 55.8 Å². The molecule has 0 aliphatic heterocycles. The lowest BCUT2D eigenvalue weighted by molar-refractivity contribution is -0.121. The fourth-order valence-corrected chi connectivity index (χ4v) is 3.98. The van der Waals surface area contributed by atoms with Crippen LogP contribution < -0.4 is 15.4 Å². The molecule has 0 aliphatic carbocycles. The van der Waals surface area contributed by atoms with Crippen molar-refractivity contribution in [2.45, 2.75) is 38.0 Å². The lowest BCUT2D eigenvalue weighted by Crippen LogP contribution is -2.30. The van der Waals surface area contributed by atoms with E-state index in [4.69, 9.17) is 4.74 Å². The van der Waals surface area contributed by atoms with Gasteiger partial charge in [-0.2, -0.15) is 0 Å². The average Bonchev–Trinajstić information content (AvgIpc) is 3.23. The van der Waals surface area contributed by atoms with Crippen LogP contribution in [0.15, 0.2) is 53.7 Å². The van der Waals surface area contributed by atoms with Crippen molar-refractivity contribution in [1.29, 1.82) is 0 Å². The highest BCUT2D eigenvalue weighted by Gasteiger charge is 2.20. The number of nitrogens with one attached hydrogen (secondary N) is 2. The van der Waals surface area contributed by atoms with E-state index in [0.717, 1.165) is 11.3 Å². The zero-order valence-electron chi connectivity index (χ0n) is 18.7. The molecule has 33 heavy (non-hydrogen) atoms. The summed E-state index contributed by atoms with van der Waals surface area (Å²) >= 11 is 1.24. The first kappa shape index (κ1) is 24.2. The van der Waals surface area contributed by atoms with Crippen LogP contribution in [-0.2, 0) is 22.6 Å². The van der Waals surface area contributed by atoms with E-state index in [2.05, 4.69) is 20.8 Å². The van der Waals surface area contributed by atoms with Gasteiger partial charge in [-0.3, -0.25) is 9.59 Å². The Labute approximate surface area is 195 Å². The van der Waals surface area contributed by atoms with Gasteiger partial charge >= 0.3 is 0 Å². The Balaban J connectivity index is 1.56. The third kappa shape index (κ3) is 6.79. The minimum atomic E-state index is -0.365. The predicted molar refractivity (Wildman–Crippen MR) is 125 cm³/mol. The minimum absolute atomic E-state index is 0.119. The van der Waals surface area contributed by atoms with Crippen molar-refractivity contribution < 1.29 is 18.7 Å². The number of ether oxygens (including phenoxy) is 1. The van der Waals surface area contributed by atoms with Gasteiger partial charge in [-0.1, -0.05) is 23.9 Å². The molecule has 8 nitrogen and oxygen atoms in total. The van der Waals surface area contributed by atoms with E-state index in [9.17, 15) is 14.0 Å². The van der Waals surface area contributed by atoms with E-state index in [1.807, 2.05) is 42.7 Å². The molecule has 0 saturated heterocycles. The molecule has 3 aromatic rings. The van der Waals surface area contributed by atoms with Crippen molar-refractivity contribution >= 4 is 29.3 Å². The Bertz CT molecular complexity index is 1090. The molecule has 3 rings (SSSR count). The highest BCUT2D eigenvalue weighted by Crippen LogP contribution is 2.21. The smallest absolute Gasteiger partial charge is 0.234 e. The highest BCUT2D eigenvalue weighted by molar-refractivity contribution is 7.99. The molecular weight excluding hydrogens is 445 g/mol. The Hall–Kier alpha value is -3.40. The van der Waals surface area contributed by atoms with Crippen molar-refractivity contribution in [3.05, 3.63) is 65.7 Å². The second-order valence-corrected chi connectivity index (χ2v) is 8.19. The molecule has 0 unspecified atom stereocenters. The molecule has 0 spiro atoms. The van der Waals surface area contributed by atoms with Gasteiger partial charge in [0.2, 0.25) is 11.8 Å². The number of carbonyl (C=O) groups is 2. The number of nitrogens with zero attached hydrogens (tertiary/aromatic N) is 3. The number of aromatic nitrogens is 3. The number of benzene rings is 2. The number of carbonyl (C=O) groups excluding carboxylic acids is 2. The fourth-order valence-electron chi connectivity index (χ4n) is 3.17. The second kappa shape index (κ2) is 11.5. The van der Waals surface area contributed by atoms with Crippen molar-refractivity contribution in [2.75, 3.05) is 18.2 Å². The van der Waals surface area contributed by atoms with Crippen LogP contribution >= 0.6 is 11.8 Å². The summed E-state index contributed by atoms with van der Waals surface area (Å²) in [4.78, 5) is 24.7. The number of rotatable bonds is 10. The molecule has 0 radical (unpaired) electrons. The molecule has 0 fully saturated rings. The fraction of sp³-hybridized carbons (Fsp3) is 0.304. The maximum atomic E-state index is 13.0. The topological polar surface area (TPSA) is 98.1 Å². The van der Waals surface area contributed by atoms with E-state index in [0.29, 0.717) is 23.2 Å². The van der Waals surface area contributed by atoms with Crippen molar-refractivity contribution in [3.8, 4) is 5.75 Å². The number of anilines is 1. The van der Waals surface area contributed by atoms with Crippen molar-refractivity contribution in [1.82, 2.24) is 20.1 Å². The van der Waals surface area contributed by atoms with Crippen LogP contribution in [0, 0.1) is 5.82 Å². The largest absolute Gasteiger partial charge is 0.497 e. The molecule has 1 atom stereocenters. The van der Waals surface area contributed by atoms with Gasteiger partial charge < -0.3 is 19.9 Å². The second-order valence-electron chi connectivity index (χ2n) is 7.24. The maximum Gasteiger partial charge on any atom is 0.234 e. The summed E-state index contributed by atoms with van der Waals surface area (Å²) in [7, 11) is 1.60. The predicted octanol–water partition coefficient (Wildman–Crippen LogP) is 3.60. The van der Waals surface area contributed by atoms with Crippen LogP contribution in [0.3, 0.4) is 0 Å². The summed E-state index contributed by atoms with van der Waals surface area (Å²) in [6.07, 6.45) is 0.236. The number of thioether (sulfide) groups is 1. The first-order chi connectivity index (χ1) is 15.9. The highest BCUT2D eigenvalue weighted by atomic mass is 32.2. The van der Waals surface area contributed by atoms with Crippen molar-refractivity contribution in [3.63, 3.8) is 0 Å². The summed E-state index contributed by atoms with van der Waals surface area (Å²) in [5.74, 6) is 0.734. The zero-order chi connectivity index (χ0) is 23.8. The number of hydrogen-bond donors (Lipinski definition) is 2. The molecule has 2 amide bonds. The maximum absolute atomic E-state index is 13.0. The Morgan fingerprint density at radius 3 is 2.42 bits per heavy atom. The number of halogens is 1. The molecule has 10 heteroatoms. The SMILES string of the molecule is CCn1c(SCC(=O)Nc2ccc(F)cc2)nnc1[C@@H](C)NC(=O)Cc1ccc(OC)cc1. The molecule has 1 heterocycles. The Morgan fingerprint density at radius 2 is 1.79 bits per heavy atom. The van der Waals surface area contributed by atoms with Crippen molar-refractivity contribution in [2.24, 2.45) is 0 Å². The van der Waals surface area contributed by atoms with Crippen LogP contribution in [-0.4, -0.2) is 39.4 Å². The zero-order valence-corrected chi connectivity index (χ0v) is 19.5. The van der Waals surface area contributed by atoms with E-state index in [-0.39, 0.29) is 35.8 Å². The molecule has 1 aromatic heterocycles. The first-order valence-corrected chi connectivity index (χ1v) is 11.4. The molecule has 0 aliphatic rings. The molecule has 2 N–H and O–H groups in total. The first-order valence-electron chi connectivity index (χ1n) is 10.4. The Kier molecular flexibility index (Phi) is 8.42. The van der Waals surface area contributed by atoms with Gasteiger partial charge in [-0.15, -0.1) is 10.2 Å². The van der Waals surface area contributed by atoms with Gasteiger partial charge in [0.15, 0.2) is 11.0 Å². The lowest BCUT2D eigenvalue weighted by Gasteiger charge is -2.15. The van der Waals surface area contributed by atoms with Gasteiger partial charge in [0.25, 0.3) is 0 Å². The van der Waals surface area contributed by atoms with E-state index in [1.165, 1.54) is 36.0 Å². The number of methoxy groups -OCH3 is 1. The molecule has 0 bridgehead atoms. The van der Waals surface area contributed by atoms with Gasteiger partial charge in [0.1, 0.15) is 11.6 Å². The summed E-state index contributed by atoms with van der Waals surface area (Å²) in [5.41, 5.74) is 1.40. The number of hydrogen-bond acceptors (Lipinski definition) is 6. The van der Waals surface area contributed by atoms with Crippen LogP contribution in [0.5, 0.6) is 5.75 Å². The molecule has 0 saturated carbocycles. The molecule has 174 valence electrons. The van der Waals surface area contributed by atoms with Crippen LogP contribution in [0.25, 0.3) is 0 Å². The van der Waals surface area contributed by atoms with Crippen LogP contribution in [0.2, 0.25) is 0 Å². The number of amides is 2. The molecular formula is C23H26FN5O3S. The van der Waals surface area contributed by atoms with Crippen LogP contribution in [0.4, 0.5) is 10.1 Å². The third-order valence-electron chi connectivity index (χ3n) is 4.81. The van der Waals surface area contributed by atoms with Gasteiger partial charge in [0, 0.05) is 12.2 Å². The lowest BCUT2D eigenvalue weighted by atomic mass is 10.1. The van der Waals surface area contributed by atoms with E-state index in [1.54, 1.807) is 7.11 Å². The summed E-state index contributed by atoms with van der Waals surface area (Å²) in [5, 5.41) is 14.7. The standard InChI is InChI=1S/C23H26FN5O3S/c1-4-29-22(15(2)25-20(30)13-16-5-11-19(32-3)12-6-16)27-28-23(29)33-14-21(31)26-18-9-7-17(24)8-10-18/h5-12,15H,4,13-14H2,1-3H3,(H,25,30)(H,26,31)/t15-/m1/s1. The summed E-state index contributed by atoms with van der Waals surface area (Å²) < 4.78 is 20.0. The minimum Gasteiger partial charge on any atom is -0.497 e. The van der Waals surface area contributed by atoms with Gasteiger partial charge in [0.05, 0.1) is 25.3 Å². The molecule has 2 aromatic carbocycles. The normalized spacial score (nSPS) is 11.6. The third-order valence-corrected chi connectivity index (χ3v) is 5.78. The Morgan fingerprint density at radius 1 is 1.09 bits per heavy atom. The average molecular weight is 472 g/mol. The quantitative estimate of drug-likeness (QED) is 0.439. The van der Waals surface area contributed by atoms with E-state index < -0.39 is 0 Å². The monoisotopic (exact) mass is 471 g/mol.